The van der Waals surface area contributed by atoms with Crippen LogP contribution in [-0.4, -0.2) is 17.6 Å². The number of carbonyl (C=O) groups excluding carboxylic acids is 1. The van der Waals surface area contributed by atoms with Gasteiger partial charge >= 0.3 is 5.97 Å². The van der Waals surface area contributed by atoms with Crippen molar-refractivity contribution in [2.75, 3.05) is 6.61 Å². The van der Waals surface area contributed by atoms with E-state index in [0.29, 0.717) is 12.3 Å². The van der Waals surface area contributed by atoms with E-state index in [4.69, 9.17) is 9.47 Å². The second-order valence-corrected chi connectivity index (χ2v) is 5.82. The van der Waals surface area contributed by atoms with Crippen molar-refractivity contribution in [3.8, 4) is 17.0 Å². The summed E-state index contributed by atoms with van der Waals surface area (Å²) in [5, 5.41) is 0. The summed E-state index contributed by atoms with van der Waals surface area (Å²) >= 11 is 0. The summed E-state index contributed by atoms with van der Waals surface area (Å²) in [6, 6.07) is 22.6. The number of carbonyl (C=O) groups is 1. The second kappa shape index (κ2) is 8.30. The van der Waals surface area contributed by atoms with Crippen molar-refractivity contribution in [3.63, 3.8) is 0 Å². The van der Waals surface area contributed by atoms with Crippen molar-refractivity contribution in [2.45, 2.75) is 20.0 Å². The van der Waals surface area contributed by atoms with Crippen molar-refractivity contribution >= 4 is 5.97 Å². The van der Waals surface area contributed by atoms with Crippen molar-refractivity contribution in [1.82, 2.24) is 4.98 Å². The van der Waals surface area contributed by atoms with E-state index in [1.54, 1.807) is 6.07 Å². The summed E-state index contributed by atoms with van der Waals surface area (Å²) in [4.78, 5) is 16.9. The number of hydrogen-bond donors (Lipinski definition) is 0. The van der Waals surface area contributed by atoms with Gasteiger partial charge in [0.15, 0.2) is 0 Å². The zero-order valence-electron chi connectivity index (χ0n) is 14.9. The van der Waals surface area contributed by atoms with E-state index in [9.17, 15) is 4.79 Å². The van der Waals surface area contributed by atoms with Crippen LogP contribution in [0.15, 0.2) is 72.8 Å². The second-order valence-electron chi connectivity index (χ2n) is 5.82. The minimum atomic E-state index is -0.436. The predicted octanol–water partition coefficient (Wildman–Crippen LogP) is 5.07. The van der Waals surface area contributed by atoms with E-state index < -0.39 is 5.97 Å². The van der Waals surface area contributed by atoms with Crippen LogP contribution in [0.25, 0.3) is 11.3 Å². The van der Waals surface area contributed by atoms with Crippen molar-refractivity contribution in [1.29, 1.82) is 0 Å². The van der Waals surface area contributed by atoms with Crippen LogP contribution in [0.1, 0.15) is 36.0 Å². The van der Waals surface area contributed by atoms with Crippen LogP contribution in [0.5, 0.6) is 5.75 Å². The molecule has 1 heterocycles. The van der Waals surface area contributed by atoms with Gasteiger partial charge in [-0.3, -0.25) is 0 Å². The Morgan fingerprint density at radius 2 is 1.69 bits per heavy atom. The first-order valence-corrected chi connectivity index (χ1v) is 8.63. The summed E-state index contributed by atoms with van der Waals surface area (Å²) in [6.07, 6.45) is -0.334. The Morgan fingerprint density at radius 1 is 0.962 bits per heavy atom. The highest BCUT2D eigenvalue weighted by Crippen LogP contribution is 2.22. The first-order chi connectivity index (χ1) is 12.7. The Balaban J connectivity index is 1.75. The van der Waals surface area contributed by atoms with E-state index in [0.717, 1.165) is 22.6 Å². The molecule has 0 aliphatic heterocycles. The molecule has 4 nitrogen and oxygen atoms in total. The molecule has 132 valence electrons. The maximum atomic E-state index is 12.4. The molecule has 0 aliphatic carbocycles. The molecule has 2 aromatic carbocycles. The quantitative estimate of drug-likeness (QED) is 0.584. The van der Waals surface area contributed by atoms with E-state index in [-0.39, 0.29) is 6.10 Å². The molecule has 0 spiro atoms. The van der Waals surface area contributed by atoms with Crippen molar-refractivity contribution in [3.05, 3.63) is 84.1 Å². The number of esters is 1. The Kier molecular flexibility index (Phi) is 5.64. The Hall–Kier alpha value is -3.14. The molecular formula is C22H21NO3. The summed E-state index contributed by atoms with van der Waals surface area (Å²) in [5.74, 6) is 0.373. The van der Waals surface area contributed by atoms with Gasteiger partial charge in [0.05, 0.1) is 12.3 Å². The first-order valence-electron chi connectivity index (χ1n) is 8.63. The normalized spacial score (nSPS) is 11.6. The number of hydrogen-bond acceptors (Lipinski definition) is 4. The average Bonchev–Trinajstić information content (AvgIpc) is 2.69. The van der Waals surface area contributed by atoms with Gasteiger partial charge in [0.2, 0.25) is 0 Å². The molecule has 0 fully saturated rings. The number of rotatable bonds is 6. The average molecular weight is 347 g/mol. The number of ether oxygens (including phenoxy) is 2. The predicted molar refractivity (Wildman–Crippen MR) is 101 cm³/mol. The Labute approximate surface area is 153 Å². The number of pyridine rings is 1. The highest BCUT2D eigenvalue weighted by molar-refractivity contribution is 5.88. The largest absolute Gasteiger partial charge is 0.494 e. The van der Waals surface area contributed by atoms with Crippen LogP contribution >= 0.6 is 0 Å². The number of aromatic nitrogens is 1. The fourth-order valence-electron chi connectivity index (χ4n) is 2.61. The van der Waals surface area contributed by atoms with E-state index >= 15 is 0 Å². The Bertz CT molecular complexity index is 860. The van der Waals surface area contributed by atoms with Crippen LogP contribution in [-0.2, 0) is 4.74 Å². The van der Waals surface area contributed by atoms with Crippen LogP contribution < -0.4 is 4.74 Å². The lowest BCUT2D eigenvalue weighted by Gasteiger charge is -2.13. The standard InChI is InChI=1S/C22H21NO3/c1-3-25-19-14-12-18(13-15-19)20-10-7-11-21(23-20)22(24)26-16(2)17-8-5-4-6-9-17/h4-16H,3H2,1-2H3. The van der Waals surface area contributed by atoms with Crippen LogP contribution in [0.3, 0.4) is 0 Å². The smallest absolute Gasteiger partial charge is 0.357 e. The third-order valence-electron chi connectivity index (χ3n) is 3.97. The molecule has 1 unspecified atom stereocenters. The summed E-state index contributed by atoms with van der Waals surface area (Å²) in [5.41, 5.74) is 2.87. The highest BCUT2D eigenvalue weighted by Gasteiger charge is 2.15. The van der Waals surface area contributed by atoms with Crippen LogP contribution in [0, 0.1) is 0 Å². The van der Waals surface area contributed by atoms with E-state index in [1.165, 1.54) is 0 Å². The molecule has 3 aromatic rings. The molecule has 3 rings (SSSR count). The van der Waals surface area contributed by atoms with E-state index in [2.05, 4.69) is 4.98 Å². The van der Waals surface area contributed by atoms with Gasteiger partial charge in [0, 0.05) is 5.56 Å². The number of nitrogens with zero attached hydrogens (tertiary/aromatic N) is 1. The Morgan fingerprint density at radius 3 is 2.38 bits per heavy atom. The van der Waals surface area contributed by atoms with Gasteiger partial charge in [-0.1, -0.05) is 36.4 Å². The molecule has 0 aliphatic rings. The third kappa shape index (κ3) is 4.28. The molecule has 0 saturated heterocycles. The SMILES string of the molecule is CCOc1ccc(-c2cccc(C(=O)OC(C)c3ccccc3)n2)cc1. The monoisotopic (exact) mass is 347 g/mol. The maximum Gasteiger partial charge on any atom is 0.357 e. The minimum Gasteiger partial charge on any atom is -0.494 e. The van der Waals surface area contributed by atoms with Gasteiger partial charge in [-0.15, -0.1) is 0 Å². The van der Waals surface area contributed by atoms with Crippen molar-refractivity contribution < 1.29 is 14.3 Å². The molecule has 1 atom stereocenters. The van der Waals surface area contributed by atoms with Gasteiger partial charge < -0.3 is 9.47 Å². The molecule has 0 amide bonds. The zero-order valence-corrected chi connectivity index (χ0v) is 14.9. The lowest BCUT2D eigenvalue weighted by Crippen LogP contribution is -2.11. The molecule has 0 bridgehead atoms. The van der Waals surface area contributed by atoms with Gasteiger partial charge in [-0.25, -0.2) is 9.78 Å². The third-order valence-corrected chi connectivity index (χ3v) is 3.97. The molecule has 26 heavy (non-hydrogen) atoms. The van der Waals surface area contributed by atoms with E-state index in [1.807, 2.05) is 80.6 Å². The molecule has 0 N–H and O–H groups in total. The van der Waals surface area contributed by atoms with Crippen LogP contribution in [0.2, 0.25) is 0 Å². The molecule has 1 aromatic heterocycles. The molecule has 4 heteroatoms. The van der Waals surface area contributed by atoms with Gasteiger partial charge in [-0.05, 0) is 55.8 Å². The fraction of sp³-hybridized carbons (Fsp3) is 0.182. The summed E-state index contributed by atoms with van der Waals surface area (Å²) < 4.78 is 11.0. The molecule has 0 saturated carbocycles. The highest BCUT2D eigenvalue weighted by atomic mass is 16.5. The minimum absolute atomic E-state index is 0.291. The van der Waals surface area contributed by atoms with Gasteiger partial charge in [0.25, 0.3) is 0 Å². The molecular weight excluding hydrogens is 326 g/mol. The van der Waals surface area contributed by atoms with Gasteiger partial charge in [0.1, 0.15) is 17.5 Å². The number of benzene rings is 2. The molecule has 0 radical (unpaired) electrons. The lowest BCUT2D eigenvalue weighted by atomic mass is 10.1. The summed E-state index contributed by atoms with van der Waals surface area (Å²) in [6.45, 7) is 4.42. The van der Waals surface area contributed by atoms with Gasteiger partial charge in [-0.2, -0.15) is 0 Å². The summed E-state index contributed by atoms with van der Waals surface area (Å²) in [7, 11) is 0. The van der Waals surface area contributed by atoms with Crippen LogP contribution in [0.4, 0.5) is 0 Å². The first kappa shape index (κ1) is 17.7. The topological polar surface area (TPSA) is 48.4 Å². The zero-order chi connectivity index (χ0) is 18.4. The van der Waals surface area contributed by atoms with Crippen molar-refractivity contribution in [2.24, 2.45) is 0 Å². The fourth-order valence-corrected chi connectivity index (χ4v) is 2.61. The lowest BCUT2D eigenvalue weighted by molar-refractivity contribution is 0.0331. The maximum absolute atomic E-state index is 12.4.